The highest BCUT2D eigenvalue weighted by atomic mass is 32.2. The minimum Gasteiger partial charge on any atom is -0.481 e. The molecule has 4 nitrogen and oxygen atoms in total. The van der Waals surface area contributed by atoms with Gasteiger partial charge in [-0.15, -0.1) is 0 Å². The van der Waals surface area contributed by atoms with Crippen molar-refractivity contribution in [2.45, 2.75) is 18.9 Å². The van der Waals surface area contributed by atoms with Crippen LogP contribution in [-0.4, -0.2) is 26.8 Å². The quantitative estimate of drug-likeness (QED) is 0.741. The Kier molecular flexibility index (Phi) is 3.25. The van der Waals surface area contributed by atoms with Gasteiger partial charge in [-0.25, -0.2) is 4.98 Å². The first-order chi connectivity index (χ1) is 6.09. The summed E-state index contributed by atoms with van der Waals surface area (Å²) >= 11 is 1.18. The van der Waals surface area contributed by atoms with E-state index >= 15 is 0 Å². The lowest BCUT2D eigenvalue weighted by atomic mass is 10.4. The number of carboxylic acid groups (broad SMARTS) is 1. The van der Waals surface area contributed by atoms with E-state index in [9.17, 15) is 4.79 Å². The van der Waals surface area contributed by atoms with Crippen LogP contribution in [0.25, 0.3) is 0 Å². The summed E-state index contributed by atoms with van der Waals surface area (Å²) in [6.45, 7) is 3.72. The fourth-order valence-electron chi connectivity index (χ4n) is 0.726. The third-order valence-electron chi connectivity index (χ3n) is 1.51. The molecule has 0 bridgehead atoms. The maximum Gasteiger partial charge on any atom is 0.313 e. The Hall–Kier alpha value is -1.10. The second kappa shape index (κ2) is 4.23. The average molecular weight is 198 g/mol. The van der Waals surface area contributed by atoms with Crippen molar-refractivity contribution in [1.29, 1.82) is 0 Å². The lowest BCUT2D eigenvalue weighted by molar-refractivity contribution is -0.133. The monoisotopic (exact) mass is 198 g/mol. The van der Waals surface area contributed by atoms with Crippen LogP contribution in [-0.2, 0) is 4.79 Å². The number of nitrogens with zero attached hydrogens (tertiary/aromatic N) is 2. The van der Waals surface area contributed by atoms with Crippen molar-refractivity contribution < 1.29 is 9.90 Å². The molecule has 0 aliphatic carbocycles. The van der Waals surface area contributed by atoms with Gasteiger partial charge in [0.2, 0.25) is 0 Å². The highest BCUT2D eigenvalue weighted by molar-refractivity contribution is 7.99. The van der Waals surface area contributed by atoms with Crippen LogP contribution >= 0.6 is 11.8 Å². The van der Waals surface area contributed by atoms with Gasteiger partial charge < -0.3 is 5.11 Å². The van der Waals surface area contributed by atoms with Crippen molar-refractivity contribution in [3.05, 3.63) is 17.6 Å². The van der Waals surface area contributed by atoms with E-state index in [4.69, 9.17) is 5.11 Å². The fraction of sp³-hybridized carbons (Fsp3) is 0.375. The van der Waals surface area contributed by atoms with E-state index in [1.54, 1.807) is 6.20 Å². The molecule has 0 aliphatic heterocycles. The minimum absolute atomic E-state index is 0.0250. The molecule has 0 amide bonds. The molecule has 0 spiro atoms. The number of thioether (sulfide) groups is 1. The number of carboxylic acids is 1. The smallest absolute Gasteiger partial charge is 0.313 e. The topological polar surface area (TPSA) is 63.1 Å². The van der Waals surface area contributed by atoms with Crippen LogP contribution in [0.3, 0.4) is 0 Å². The largest absolute Gasteiger partial charge is 0.481 e. The Labute approximate surface area is 80.4 Å². The molecule has 5 heteroatoms. The zero-order valence-corrected chi connectivity index (χ0v) is 8.26. The van der Waals surface area contributed by atoms with Gasteiger partial charge in [0.1, 0.15) is 5.03 Å². The van der Waals surface area contributed by atoms with Crippen LogP contribution in [0.2, 0.25) is 0 Å². The summed E-state index contributed by atoms with van der Waals surface area (Å²) in [5, 5.41) is 9.09. The highest BCUT2D eigenvalue weighted by Gasteiger charge is 2.02. The SMILES string of the molecule is Cc1ncc(SCC(=O)O)nc1C. The molecule has 1 aromatic rings. The molecule has 1 N–H and O–H groups in total. The third kappa shape index (κ3) is 3.02. The molecule has 0 aromatic carbocycles. The van der Waals surface area contributed by atoms with E-state index in [-0.39, 0.29) is 5.75 Å². The molecule has 70 valence electrons. The molecule has 0 fully saturated rings. The van der Waals surface area contributed by atoms with Crippen molar-refractivity contribution in [3.63, 3.8) is 0 Å². The Morgan fingerprint density at radius 3 is 2.77 bits per heavy atom. The molecule has 1 rings (SSSR count). The number of hydrogen-bond donors (Lipinski definition) is 1. The molecular formula is C8H10N2O2S. The van der Waals surface area contributed by atoms with Gasteiger partial charge in [-0.1, -0.05) is 11.8 Å². The summed E-state index contributed by atoms with van der Waals surface area (Å²) in [7, 11) is 0. The second-order valence-corrected chi connectivity index (χ2v) is 3.56. The Balaban J connectivity index is 2.68. The number of aliphatic carboxylic acids is 1. The number of hydrogen-bond acceptors (Lipinski definition) is 4. The molecule has 1 heterocycles. The van der Waals surface area contributed by atoms with Crippen molar-refractivity contribution in [2.75, 3.05) is 5.75 Å². The zero-order chi connectivity index (χ0) is 9.84. The number of aryl methyl sites for hydroxylation is 2. The van der Waals surface area contributed by atoms with Crippen LogP contribution in [0, 0.1) is 13.8 Å². The first-order valence-electron chi connectivity index (χ1n) is 3.74. The van der Waals surface area contributed by atoms with Gasteiger partial charge in [-0.2, -0.15) is 0 Å². The Morgan fingerprint density at radius 2 is 2.23 bits per heavy atom. The first kappa shape index (κ1) is 9.98. The molecule has 0 aliphatic rings. The van der Waals surface area contributed by atoms with E-state index in [0.717, 1.165) is 11.4 Å². The van der Waals surface area contributed by atoms with Crippen LogP contribution in [0.4, 0.5) is 0 Å². The predicted molar refractivity (Wildman–Crippen MR) is 49.9 cm³/mol. The summed E-state index contributed by atoms with van der Waals surface area (Å²) in [5.74, 6) is -0.818. The summed E-state index contributed by atoms with van der Waals surface area (Å²) in [6.07, 6.45) is 1.59. The standard InChI is InChI=1S/C8H10N2O2S/c1-5-6(2)10-7(3-9-5)13-4-8(11)12/h3H,4H2,1-2H3,(H,11,12). The van der Waals surface area contributed by atoms with Crippen molar-refractivity contribution in [2.24, 2.45) is 0 Å². The lowest BCUT2D eigenvalue weighted by Gasteiger charge is -2.00. The number of carbonyl (C=O) groups is 1. The summed E-state index contributed by atoms with van der Waals surface area (Å²) in [5.41, 5.74) is 1.72. The molecule has 0 radical (unpaired) electrons. The van der Waals surface area contributed by atoms with E-state index in [0.29, 0.717) is 5.03 Å². The highest BCUT2D eigenvalue weighted by Crippen LogP contribution is 2.14. The molecular weight excluding hydrogens is 188 g/mol. The van der Waals surface area contributed by atoms with E-state index in [1.165, 1.54) is 11.8 Å². The summed E-state index contributed by atoms with van der Waals surface area (Å²) in [6, 6.07) is 0. The van der Waals surface area contributed by atoms with Gasteiger partial charge in [0, 0.05) is 0 Å². The number of rotatable bonds is 3. The maximum atomic E-state index is 10.3. The molecule has 0 saturated carbocycles. The summed E-state index contributed by atoms with van der Waals surface area (Å²) in [4.78, 5) is 18.5. The zero-order valence-electron chi connectivity index (χ0n) is 7.44. The summed E-state index contributed by atoms with van der Waals surface area (Å²) < 4.78 is 0. The van der Waals surface area contributed by atoms with Gasteiger partial charge in [-0.3, -0.25) is 9.78 Å². The Bertz CT molecular complexity index is 328. The molecule has 0 saturated heterocycles. The maximum absolute atomic E-state index is 10.3. The van der Waals surface area contributed by atoms with Crippen molar-refractivity contribution in [3.8, 4) is 0 Å². The minimum atomic E-state index is -0.843. The molecule has 13 heavy (non-hydrogen) atoms. The van der Waals surface area contributed by atoms with E-state index in [2.05, 4.69) is 9.97 Å². The van der Waals surface area contributed by atoms with Gasteiger partial charge in [0.25, 0.3) is 0 Å². The molecule has 0 unspecified atom stereocenters. The predicted octanol–water partition coefficient (Wildman–Crippen LogP) is 1.27. The van der Waals surface area contributed by atoms with Gasteiger partial charge in [-0.05, 0) is 13.8 Å². The van der Waals surface area contributed by atoms with E-state index in [1.807, 2.05) is 13.8 Å². The Morgan fingerprint density at radius 1 is 1.54 bits per heavy atom. The van der Waals surface area contributed by atoms with Crippen LogP contribution < -0.4 is 0 Å². The third-order valence-corrected chi connectivity index (χ3v) is 2.40. The van der Waals surface area contributed by atoms with Crippen molar-refractivity contribution in [1.82, 2.24) is 9.97 Å². The van der Waals surface area contributed by atoms with Gasteiger partial charge in [0.05, 0.1) is 23.3 Å². The second-order valence-electron chi connectivity index (χ2n) is 2.56. The van der Waals surface area contributed by atoms with Crippen molar-refractivity contribution >= 4 is 17.7 Å². The van der Waals surface area contributed by atoms with E-state index < -0.39 is 5.97 Å². The number of aromatic nitrogens is 2. The van der Waals surface area contributed by atoms with Gasteiger partial charge in [0.15, 0.2) is 0 Å². The van der Waals surface area contributed by atoms with Crippen LogP contribution in [0.5, 0.6) is 0 Å². The van der Waals surface area contributed by atoms with Crippen LogP contribution in [0.1, 0.15) is 11.4 Å². The molecule has 1 aromatic heterocycles. The van der Waals surface area contributed by atoms with Crippen LogP contribution in [0.15, 0.2) is 11.2 Å². The normalized spacial score (nSPS) is 10.0. The lowest BCUT2D eigenvalue weighted by Crippen LogP contribution is -1.99. The molecule has 0 atom stereocenters. The first-order valence-corrected chi connectivity index (χ1v) is 4.73. The van der Waals surface area contributed by atoms with Gasteiger partial charge >= 0.3 is 5.97 Å². The fourth-order valence-corrected chi connectivity index (χ4v) is 1.33. The average Bonchev–Trinajstić information content (AvgIpc) is 2.07.